The van der Waals surface area contributed by atoms with Gasteiger partial charge in [0.25, 0.3) is 0 Å². The molecule has 0 radical (unpaired) electrons. The number of carbonyl (C=O) groups is 1. The lowest BCUT2D eigenvalue weighted by atomic mass is 9.90. The van der Waals surface area contributed by atoms with Crippen molar-refractivity contribution >= 4 is 5.91 Å². The maximum absolute atomic E-state index is 12.1. The number of nitrogens with one attached hydrogen (secondary N) is 1. The maximum Gasteiger partial charge on any atom is 0.237 e. The predicted molar refractivity (Wildman–Crippen MR) is 75.3 cm³/mol. The summed E-state index contributed by atoms with van der Waals surface area (Å²) < 4.78 is 0. The van der Waals surface area contributed by atoms with E-state index in [1.165, 1.54) is 19.3 Å². The van der Waals surface area contributed by atoms with Crippen LogP contribution in [0.3, 0.4) is 0 Å². The van der Waals surface area contributed by atoms with E-state index < -0.39 is 0 Å². The minimum Gasteiger partial charge on any atom is -0.355 e. The third-order valence-electron chi connectivity index (χ3n) is 3.83. The smallest absolute Gasteiger partial charge is 0.237 e. The van der Waals surface area contributed by atoms with Gasteiger partial charge in [0.15, 0.2) is 0 Å². The lowest BCUT2D eigenvalue weighted by Crippen LogP contribution is -2.53. The van der Waals surface area contributed by atoms with E-state index in [4.69, 9.17) is 5.73 Å². The van der Waals surface area contributed by atoms with Crippen molar-refractivity contribution in [2.24, 2.45) is 11.7 Å². The summed E-state index contributed by atoms with van der Waals surface area (Å²) in [6.45, 7) is 8.57. The number of rotatable bonds is 8. The summed E-state index contributed by atoms with van der Waals surface area (Å²) in [5, 5.41) is 3.03. The molecule has 0 bridgehead atoms. The monoisotopic (exact) mass is 255 g/mol. The number of hydrogen-bond acceptors (Lipinski definition) is 3. The molecule has 0 aromatic rings. The van der Waals surface area contributed by atoms with E-state index in [9.17, 15) is 4.79 Å². The summed E-state index contributed by atoms with van der Waals surface area (Å²) in [6, 6.07) is 0.519. The summed E-state index contributed by atoms with van der Waals surface area (Å²) in [6.07, 6.45) is 4.75. The van der Waals surface area contributed by atoms with Crippen LogP contribution in [0.2, 0.25) is 0 Å². The normalized spacial score (nSPS) is 17.9. The first-order chi connectivity index (χ1) is 8.56. The van der Waals surface area contributed by atoms with Crippen LogP contribution in [0.25, 0.3) is 0 Å². The van der Waals surface area contributed by atoms with E-state index in [1.54, 1.807) is 0 Å². The average molecular weight is 255 g/mol. The molecule has 3 N–H and O–H groups in total. The van der Waals surface area contributed by atoms with E-state index in [0.717, 1.165) is 19.5 Å². The molecule has 106 valence electrons. The summed E-state index contributed by atoms with van der Waals surface area (Å²) >= 11 is 0. The minimum atomic E-state index is -0.0500. The highest BCUT2D eigenvalue weighted by Crippen LogP contribution is 2.26. The first-order valence-corrected chi connectivity index (χ1v) is 7.29. The van der Waals surface area contributed by atoms with Crippen molar-refractivity contribution in [2.45, 2.75) is 58.5 Å². The van der Waals surface area contributed by atoms with Gasteiger partial charge in [-0.3, -0.25) is 9.69 Å². The van der Waals surface area contributed by atoms with E-state index in [0.29, 0.717) is 18.5 Å². The van der Waals surface area contributed by atoms with Gasteiger partial charge >= 0.3 is 0 Å². The second-order valence-corrected chi connectivity index (χ2v) is 5.76. The first-order valence-electron chi connectivity index (χ1n) is 7.29. The van der Waals surface area contributed by atoms with Crippen molar-refractivity contribution in [3.8, 4) is 0 Å². The topological polar surface area (TPSA) is 58.4 Å². The van der Waals surface area contributed by atoms with Gasteiger partial charge in [0, 0.05) is 25.7 Å². The number of carbonyl (C=O) groups excluding carboxylic acids is 1. The fourth-order valence-electron chi connectivity index (χ4n) is 2.34. The number of amides is 1. The molecule has 1 aliphatic carbocycles. The van der Waals surface area contributed by atoms with Crippen LogP contribution in [0.5, 0.6) is 0 Å². The van der Waals surface area contributed by atoms with Crippen LogP contribution in [-0.2, 0) is 4.79 Å². The molecule has 1 rings (SSSR count). The van der Waals surface area contributed by atoms with Crippen LogP contribution in [-0.4, -0.2) is 42.5 Å². The molecule has 1 atom stereocenters. The van der Waals surface area contributed by atoms with Crippen molar-refractivity contribution in [1.82, 2.24) is 10.2 Å². The van der Waals surface area contributed by atoms with Gasteiger partial charge < -0.3 is 11.1 Å². The Hall–Kier alpha value is -0.610. The van der Waals surface area contributed by atoms with Crippen molar-refractivity contribution < 1.29 is 4.79 Å². The summed E-state index contributed by atoms with van der Waals surface area (Å²) in [4.78, 5) is 14.4. The molecule has 0 aromatic heterocycles. The fourth-order valence-corrected chi connectivity index (χ4v) is 2.34. The maximum atomic E-state index is 12.1. The van der Waals surface area contributed by atoms with Gasteiger partial charge in [0.2, 0.25) is 5.91 Å². The standard InChI is InChI=1S/C14H29N3O/c1-11(2)7-9-16-14(18)12(3)17(10-8-15)13-5-4-6-13/h11-13H,4-10,15H2,1-3H3,(H,16,18). The van der Waals surface area contributed by atoms with Crippen molar-refractivity contribution in [3.05, 3.63) is 0 Å². The Balaban J connectivity index is 2.38. The van der Waals surface area contributed by atoms with Crippen molar-refractivity contribution in [2.75, 3.05) is 19.6 Å². The fraction of sp³-hybridized carbons (Fsp3) is 0.929. The van der Waals surface area contributed by atoms with Crippen LogP contribution in [0.15, 0.2) is 0 Å². The van der Waals surface area contributed by atoms with Crippen molar-refractivity contribution in [1.29, 1.82) is 0 Å². The Morgan fingerprint density at radius 3 is 2.50 bits per heavy atom. The Bertz CT molecular complexity index is 251. The zero-order valence-electron chi connectivity index (χ0n) is 12.1. The Labute approximate surface area is 111 Å². The highest BCUT2D eigenvalue weighted by Gasteiger charge is 2.30. The summed E-state index contributed by atoms with van der Waals surface area (Å²) in [7, 11) is 0. The number of nitrogens with two attached hydrogens (primary N) is 1. The van der Waals surface area contributed by atoms with Gasteiger partial charge in [-0.15, -0.1) is 0 Å². The molecule has 1 aliphatic rings. The van der Waals surface area contributed by atoms with Crippen LogP contribution in [0, 0.1) is 5.92 Å². The predicted octanol–water partition coefficient (Wildman–Crippen LogP) is 1.35. The number of hydrogen-bond donors (Lipinski definition) is 2. The Morgan fingerprint density at radius 2 is 2.06 bits per heavy atom. The molecule has 1 fully saturated rings. The van der Waals surface area contributed by atoms with Crippen molar-refractivity contribution in [3.63, 3.8) is 0 Å². The van der Waals surface area contributed by atoms with Gasteiger partial charge in [0.1, 0.15) is 0 Å². The lowest BCUT2D eigenvalue weighted by molar-refractivity contribution is -0.127. The Kier molecular flexibility index (Phi) is 6.65. The van der Waals surface area contributed by atoms with Crippen LogP contribution in [0.4, 0.5) is 0 Å². The second kappa shape index (κ2) is 7.74. The minimum absolute atomic E-state index is 0.0500. The number of nitrogens with zero attached hydrogens (tertiary/aromatic N) is 1. The van der Waals surface area contributed by atoms with Gasteiger partial charge in [-0.1, -0.05) is 20.3 Å². The van der Waals surface area contributed by atoms with E-state index in [1.807, 2.05) is 6.92 Å². The molecule has 0 aromatic carbocycles. The molecule has 18 heavy (non-hydrogen) atoms. The average Bonchev–Trinajstić information content (AvgIpc) is 2.24. The van der Waals surface area contributed by atoms with Gasteiger partial charge in [-0.2, -0.15) is 0 Å². The molecular weight excluding hydrogens is 226 g/mol. The molecule has 0 spiro atoms. The quantitative estimate of drug-likeness (QED) is 0.688. The van der Waals surface area contributed by atoms with Gasteiger partial charge in [-0.05, 0) is 32.1 Å². The molecule has 1 amide bonds. The Morgan fingerprint density at radius 1 is 1.39 bits per heavy atom. The zero-order valence-corrected chi connectivity index (χ0v) is 12.1. The molecule has 1 unspecified atom stereocenters. The van der Waals surface area contributed by atoms with Crippen LogP contribution >= 0.6 is 0 Å². The van der Waals surface area contributed by atoms with Crippen LogP contribution < -0.4 is 11.1 Å². The molecule has 0 aliphatic heterocycles. The molecule has 4 heteroatoms. The molecular formula is C14H29N3O. The molecule has 0 saturated heterocycles. The molecule has 1 saturated carbocycles. The zero-order chi connectivity index (χ0) is 13.5. The lowest BCUT2D eigenvalue weighted by Gasteiger charge is -2.40. The van der Waals surface area contributed by atoms with E-state index in [2.05, 4.69) is 24.1 Å². The first kappa shape index (κ1) is 15.4. The highest BCUT2D eigenvalue weighted by atomic mass is 16.2. The summed E-state index contributed by atoms with van der Waals surface area (Å²) in [5.74, 6) is 0.781. The van der Waals surface area contributed by atoms with Gasteiger partial charge in [-0.25, -0.2) is 0 Å². The second-order valence-electron chi connectivity index (χ2n) is 5.76. The molecule has 0 heterocycles. The third-order valence-corrected chi connectivity index (χ3v) is 3.83. The molecule has 4 nitrogen and oxygen atoms in total. The van der Waals surface area contributed by atoms with Gasteiger partial charge in [0.05, 0.1) is 6.04 Å². The SMILES string of the molecule is CC(C)CCNC(=O)C(C)N(CCN)C1CCC1. The largest absolute Gasteiger partial charge is 0.355 e. The third kappa shape index (κ3) is 4.58. The van der Waals surface area contributed by atoms with E-state index in [-0.39, 0.29) is 11.9 Å². The highest BCUT2D eigenvalue weighted by molar-refractivity contribution is 5.81. The summed E-state index contributed by atoms with van der Waals surface area (Å²) in [5.41, 5.74) is 5.65. The van der Waals surface area contributed by atoms with Crippen LogP contribution in [0.1, 0.15) is 46.5 Å². The van der Waals surface area contributed by atoms with E-state index >= 15 is 0 Å².